The second kappa shape index (κ2) is 9.93. The summed E-state index contributed by atoms with van der Waals surface area (Å²) in [7, 11) is 1.41. The summed E-state index contributed by atoms with van der Waals surface area (Å²) >= 11 is 1.42. The van der Waals surface area contributed by atoms with Gasteiger partial charge in [0.1, 0.15) is 0 Å². The smallest absolute Gasteiger partial charge is 0.334 e. The summed E-state index contributed by atoms with van der Waals surface area (Å²) < 4.78 is 41.0. The van der Waals surface area contributed by atoms with Crippen molar-refractivity contribution in [1.82, 2.24) is 19.6 Å². The number of aryl methyl sites for hydroxylation is 1. The van der Waals surface area contributed by atoms with Gasteiger partial charge in [-0.2, -0.15) is 18.3 Å². The largest absolute Gasteiger partial charge is 0.435 e. The van der Waals surface area contributed by atoms with Crippen LogP contribution in [-0.2, 0) is 22.8 Å². The highest BCUT2D eigenvalue weighted by atomic mass is 32.1. The molecule has 2 aromatic heterocycles. The van der Waals surface area contributed by atoms with E-state index in [1.54, 1.807) is 4.90 Å². The summed E-state index contributed by atoms with van der Waals surface area (Å²) in [4.78, 5) is 41.9. The number of carbonyl (C=O) groups is 3. The van der Waals surface area contributed by atoms with Gasteiger partial charge in [0.15, 0.2) is 5.69 Å². The number of thiophene rings is 1. The van der Waals surface area contributed by atoms with Gasteiger partial charge in [0, 0.05) is 43.6 Å². The monoisotopic (exact) mass is 541 g/mol. The van der Waals surface area contributed by atoms with E-state index >= 15 is 0 Å². The van der Waals surface area contributed by atoms with Gasteiger partial charge >= 0.3 is 18.0 Å². The molecule has 4 aromatic rings. The Bertz CT molecular complexity index is 1490. The molecule has 196 valence electrons. The maximum Gasteiger partial charge on any atom is 0.435 e. The molecule has 0 radical (unpaired) electrons. The number of halogens is 3. The molecule has 5 rings (SSSR count). The van der Waals surface area contributed by atoms with E-state index < -0.39 is 23.7 Å². The number of rotatable bonds is 3. The van der Waals surface area contributed by atoms with Gasteiger partial charge in [-0.3, -0.25) is 19.1 Å². The zero-order valence-electron chi connectivity index (χ0n) is 20.2. The Kier molecular flexibility index (Phi) is 6.66. The van der Waals surface area contributed by atoms with Crippen LogP contribution in [0.1, 0.15) is 15.4 Å². The Balaban J connectivity index is 1.17. The maximum atomic E-state index is 12.9. The van der Waals surface area contributed by atoms with Gasteiger partial charge in [0.05, 0.1) is 10.6 Å². The molecule has 0 spiro atoms. The number of fused-ring (bicyclic) bond motifs is 1. The van der Waals surface area contributed by atoms with Crippen molar-refractivity contribution >= 4 is 44.8 Å². The highest BCUT2D eigenvalue weighted by molar-refractivity contribution is 7.20. The third kappa shape index (κ3) is 5.12. The van der Waals surface area contributed by atoms with Crippen LogP contribution in [0.15, 0.2) is 60.7 Å². The summed E-state index contributed by atoms with van der Waals surface area (Å²) in [6, 6.07) is 16.6. The first-order chi connectivity index (χ1) is 18.1. The van der Waals surface area contributed by atoms with Crippen molar-refractivity contribution in [2.24, 2.45) is 7.05 Å². The minimum Gasteiger partial charge on any atom is -0.334 e. The minimum absolute atomic E-state index is 0.0985. The Morgan fingerprint density at radius 3 is 2.21 bits per heavy atom. The van der Waals surface area contributed by atoms with Gasteiger partial charge < -0.3 is 15.1 Å². The molecular weight excluding hydrogens is 519 g/mol. The number of benzene rings is 2. The lowest BCUT2D eigenvalue weighted by atomic mass is 10.1. The molecule has 1 saturated heterocycles. The molecule has 12 heteroatoms. The third-order valence-electron chi connectivity index (χ3n) is 6.29. The molecule has 1 aliphatic rings. The molecule has 3 heterocycles. The van der Waals surface area contributed by atoms with Crippen LogP contribution in [0, 0.1) is 0 Å². The lowest BCUT2D eigenvalue weighted by molar-refractivity contribution is -0.144. The molecule has 1 N–H and O–H groups in total. The van der Waals surface area contributed by atoms with E-state index in [-0.39, 0.29) is 24.7 Å². The highest BCUT2D eigenvalue weighted by Crippen LogP contribution is 2.32. The van der Waals surface area contributed by atoms with E-state index in [2.05, 4.69) is 10.4 Å². The standard InChI is InChI=1S/C26H22F3N5O3S/c1-32-19(15-22(31-32)26(27,28)29)16-6-8-18(9-7-16)30-23(35)25(37)34-12-10-33(11-13-34)24(36)21-14-17-4-2-3-5-20(17)38-21/h2-9,14-15H,10-13H2,1H3,(H,30,35). The highest BCUT2D eigenvalue weighted by Gasteiger charge is 2.34. The van der Waals surface area contributed by atoms with Crippen LogP contribution in [0.5, 0.6) is 0 Å². The number of nitrogens with one attached hydrogen (secondary N) is 1. The number of piperazine rings is 1. The summed E-state index contributed by atoms with van der Waals surface area (Å²) in [5, 5.41) is 7.03. The summed E-state index contributed by atoms with van der Waals surface area (Å²) in [5.74, 6) is -1.65. The SMILES string of the molecule is Cn1nc(C(F)(F)F)cc1-c1ccc(NC(=O)C(=O)N2CCN(C(=O)c3cc4ccccc4s3)CC2)cc1. The molecule has 0 saturated carbocycles. The first-order valence-corrected chi connectivity index (χ1v) is 12.5. The van der Waals surface area contributed by atoms with Crippen molar-refractivity contribution in [3.63, 3.8) is 0 Å². The molecule has 0 bridgehead atoms. The van der Waals surface area contributed by atoms with Gasteiger partial charge in [-0.05, 0) is 41.3 Å². The van der Waals surface area contributed by atoms with Gasteiger partial charge in [-0.25, -0.2) is 0 Å². The molecule has 3 amide bonds. The molecule has 1 aliphatic heterocycles. The fourth-order valence-electron chi connectivity index (χ4n) is 4.28. The van der Waals surface area contributed by atoms with E-state index in [1.807, 2.05) is 30.3 Å². The van der Waals surface area contributed by atoms with Crippen molar-refractivity contribution in [3.05, 3.63) is 71.2 Å². The second-order valence-electron chi connectivity index (χ2n) is 8.80. The number of carbonyl (C=O) groups excluding carboxylic acids is 3. The fraction of sp³-hybridized carbons (Fsp3) is 0.231. The van der Waals surface area contributed by atoms with E-state index in [1.165, 1.54) is 47.5 Å². The van der Waals surface area contributed by atoms with Crippen molar-refractivity contribution < 1.29 is 27.6 Å². The van der Waals surface area contributed by atoms with Crippen LogP contribution in [0.2, 0.25) is 0 Å². The average Bonchev–Trinajstić information content (AvgIpc) is 3.52. The maximum absolute atomic E-state index is 12.9. The zero-order chi connectivity index (χ0) is 27.0. The van der Waals surface area contributed by atoms with Crippen molar-refractivity contribution in [3.8, 4) is 11.3 Å². The van der Waals surface area contributed by atoms with Gasteiger partial charge in [0.2, 0.25) is 0 Å². The summed E-state index contributed by atoms with van der Waals surface area (Å²) in [6.07, 6.45) is -4.55. The predicted molar refractivity (Wildman–Crippen MR) is 137 cm³/mol. The minimum atomic E-state index is -4.55. The number of nitrogens with zero attached hydrogens (tertiary/aromatic N) is 4. The third-order valence-corrected chi connectivity index (χ3v) is 7.40. The topological polar surface area (TPSA) is 87.5 Å². The molecule has 1 fully saturated rings. The first kappa shape index (κ1) is 25.5. The molecule has 38 heavy (non-hydrogen) atoms. The van der Waals surface area contributed by atoms with Crippen LogP contribution >= 0.6 is 11.3 Å². The lowest BCUT2D eigenvalue weighted by Crippen LogP contribution is -2.52. The van der Waals surface area contributed by atoms with Crippen molar-refractivity contribution in [2.75, 3.05) is 31.5 Å². The van der Waals surface area contributed by atoms with E-state index in [0.29, 0.717) is 29.2 Å². The number of amides is 3. The van der Waals surface area contributed by atoms with Crippen LogP contribution in [-0.4, -0.2) is 63.5 Å². The van der Waals surface area contributed by atoms with E-state index in [0.717, 1.165) is 20.8 Å². The van der Waals surface area contributed by atoms with Crippen LogP contribution in [0.3, 0.4) is 0 Å². The number of hydrogen-bond donors (Lipinski definition) is 1. The van der Waals surface area contributed by atoms with Crippen molar-refractivity contribution in [2.45, 2.75) is 6.18 Å². The van der Waals surface area contributed by atoms with Crippen LogP contribution in [0.25, 0.3) is 21.3 Å². The molecule has 0 unspecified atom stereocenters. The molecule has 0 atom stereocenters. The molecular formula is C26H22F3N5O3S. The number of aromatic nitrogens is 2. The zero-order valence-corrected chi connectivity index (χ0v) is 21.0. The van der Waals surface area contributed by atoms with E-state index in [9.17, 15) is 27.6 Å². The van der Waals surface area contributed by atoms with Gasteiger partial charge in [-0.1, -0.05) is 30.3 Å². The molecule has 8 nitrogen and oxygen atoms in total. The number of alkyl halides is 3. The van der Waals surface area contributed by atoms with Crippen molar-refractivity contribution in [1.29, 1.82) is 0 Å². The average molecular weight is 542 g/mol. The Hall–Kier alpha value is -4.19. The normalized spacial score (nSPS) is 14.1. The number of hydrogen-bond acceptors (Lipinski definition) is 5. The Morgan fingerprint density at radius 2 is 1.58 bits per heavy atom. The van der Waals surface area contributed by atoms with Gasteiger partial charge in [0.25, 0.3) is 5.91 Å². The fourth-order valence-corrected chi connectivity index (χ4v) is 5.31. The molecule has 0 aliphatic carbocycles. The molecule has 2 aromatic carbocycles. The van der Waals surface area contributed by atoms with Gasteiger partial charge in [-0.15, -0.1) is 11.3 Å². The summed E-state index contributed by atoms with van der Waals surface area (Å²) in [6.45, 7) is 1.07. The lowest BCUT2D eigenvalue weighted by Gasteiger charge is -2.34. The Labute approximate surface area is 219 Å². The van der Waals surface area contributed by atoms with Crippen LogP contribution < -0.4 is 5.32 Å². The number of anilines is 1. The van der Waals surface area contributed by atoms with E-state index in [4.69, 9.17) is 0 Å². The van der Waals surface area contributed by atoms with Crippen LogP contribution in [0.4, 0.5) is 18.9 Å². The predicted octanol–water partition coefficient (Wildman–Crippen LogP) is 4.24. The first-order valence-electron chi connectivity index (χ1n) is 11.7. The summed E-state index contributed by atoms with van der Waals surface area (Å²) in [5.41, 5.74) is 0.0565. The second-order valence-corrected chi connectivity index (χ2v) is 9.88. The Morgan fingerprint density at radius 1 is 0.921 bits per heavy atom. The quantitative estimate of drug-likeness (QED) is 0.393.